The van der Waals surface area contributed by atoms with Gasteiger partial charge in [0.2, 0.25) is 5.91 Å². The Hall–Kier alpha value is -1.26. The minimum absolute atomic E-state index is 0.0107. The van der Waals surface area contributed by atoms with Gasteiger partial charge in [0, 0.05) is 13.1 Å². The van der Waals surface area contributed by atoms with E-state index in [0.717, 1.165) is 19.5 Å². The van der Waals surface area contributed by atoms with E-state index in [-0.39, 0.29) is 17.7 Å². The van der Waals surface area contributed by atoms with E-state index in [0.29, 0.717) is 11.8 Å². The molecule has 0 bridgehead atoms. The molecular formula is C13H25N3O2. The van der Waals surface area contributed by atoms with Gasteiger partial charge in [-0.15, -0.1) is 0 Å². The molecule has 0 saturated carbocycles. The summed E-state index contributed by atoms with van der Waals surface area (Å²) < 4.78 is 0. The second-order valence-electron chi connectivity index (χ2n) is 5.82. The fraction of sp³-hybridized carbons (Fsp3) is 0.846. The molecule has 1 aliphatic rings. The second-order valence-corrected chi connectivity index (χ2v) is 5.82. The van der Waals surface area contributed by atoms with Crippen molar-refractivity contribution in [2.24, 2.45) is 34.6 Å². The van der Waals surface area contributed by atoms with Crippen molar-refractivity contribution in [2.75, 3.05) is 13.1 Å². The van der Waals surface area contributed by atoms with Crippen LogP contribution in [0.25, 0.3) is 0 Å². The SMILES string of the molecule is CC(C)C1CCN(C(=O)C(C(N)=NO)C(C)C)C1. The number of likely N-dealkylation sites (tertiary alicyclic amines) is 1. The highest BCUT2D eigenvalue weighted by molar-refractivity contribution is 6.02. The van der Waals surface area contributed by atoms with Crippen molar-refractivity contribution in [3.8, 4) is 0 Å². The van der Waals surface area contributed by atoms with E-state index in [9.17, 15) is 4.79 Å². The Morgan fingerprint density at radius 2 is 2.00 bits per heavy atom. The molecule has 18 heavy (non-hydrogen) atoms. The molecule has 0 radical (unpaired) electrons. The summed E-state index contributed by atoms with van der Waals surface area (Å²) in [5.74, 6) is 0.678. The first-order valence-electron chi connectivity index (χ1n) is 6.64. The number of amidine groups is 1. The lowest BCUT2D eigenvalue weighted by molar-refractivity contribution is -0.133. The zero-order valence-electron chi connectivity index (χ0n) is 11.8. The molecule has 2 atom stereocenters. The molecule has 1 heterocycles. The number of nitrogens with zero attached hydrogens (tertiary/aromatic N) is 2. The van der Waals surface area contributed by atoms with Gasteiger partial charge in [-0.25, -0.2) is 0 Å². The molecule has 0 aromatic heterocycles. The van der Waals surface area contributed by atoms with E-state index in [4.69, 9.17) is 10.9 Å². The van der Waals surface area contributed by atoms with Gasteiger partial charge in [-0.1, -0.05) is 32.9 Å². The highest BCUT2D eigenvalue weighted by Crippen LogP contribution is 2.26. The average Bonchev–Trinajstić information content (AvgIpc) is 2.77. The third-order valence-electron chi connectivity index (χ3n) is 3.85. The van der Waals surface area contributed by atoms with Gasteiger partial charge in [0.1, 0.15) is 5.92 Å². The predicted molar refractivity (Wildman–Crippen MR) is 71.3 cm³/mol. The summed E-state index contributed by atoms with van der Waals surface area (Å²) in [5, 5.41) is 11.8. The van der Waals surface area contributed by atoms with Crippen LogP contribution in [0.3, 0.4) is 0 Å². The van der Waals surface area contributed by atoms with Crippen LogP contribution in [0.1, 0.15) is 34.1 Å². The Labute approximate surface area is 109 Å². The molecule has 1 fully saturated rings. The van der Waals surface area contributed by atoms with Gasteiger partial charge < -0.3 is 15.8 Å². The lowest BCUT2D eigenvalue weighted by atomic mass is 9.93. The molecule has 1 rings (SSSR count). The molecule has 0 spiro atoms. The van der Waals surface area contributed by atoms with Crippen molar-refractivity contribution < 1.29 is 10.0 Å². The number of oxime groups is 1. The monoisotopic (exact) mass is 255 g/mol. The number of hydrogen-bond donors (Lipinski definition) is 2. The van der Waals surface area contributed by atoms with Crippen LogP contribution in [0.4, 0.5) is 0 Å². The smallest absolute Gasteiger partial charge is 0.233 e. The first kappa shape index (κ1) is 14.8. The summed E-state index contributed by atoms with van der Waals surface area (Å²) in [5.41, 5.74) is 5.63. The molecule has 1 amide bonds. The van der Waals surface area contributed by atoms with Crippen LogP contribution in [-0.2, 0) is 4.79 Å². The minimum atomic E-state index is -0.513. The summed E-state index contributed by atoms with van der Waals surface area (Å²) in [6.07, 6.45) is 1.05. The van der Waals surface area contributed by atoms with Crippen LogP contribution in [-0.4, -0.2) is 34.9 Å². The molecule has 0 aliphatic carbocycles. The maximum absolute atomic E-state index is 12.4. The topological polar surface area (TPSA) is 78.9 Å². The highest BCUT2D eigenvalue weighted by Gasteiger charge is 2.35. The second kappa shape index (κ2) is 6.07. The molecule has 104 valence electrons. The predicted octanol–water partition coefficient (Wildman–Crippen LogP) is 1.51. The molecule has 0 aromatic rings. The molecule has 3 N–H and O–H groups in total. The molecule has 1 saturated heterocycles. The Morgan fingerprint density at radius 3 is 2.39 bits per heavy atom. The molecular weight excluding hydrogens is 230 g/mol. The van der Waals surface area contributed by atoms with E-state index in [2.05, 4.69) is 19.0 Å². The molecule has 5 nitrogen and oxygen atoms in total. The average molecular weight is 255 g/mol. The number of carbonyl (C=O) groups excluding carboxylic acids is 1. The van der Waals surface area contributed by atoms with E-state index in [1.54, 1.807) is 0 Å². The van der Waals surface area contributed by atoms with Crippen LogP contribution in [0.2, 0.25) is 0 Å². The van der Waals surface area contributed by atoms with Crippen molar-refractivity contribution in [3.63, 3.8) is 0 Å². The number of carbonyl (C=O) groups is 1. The third kappa shape index (κ3) is 3.15. The maximum Gasteiger partial charge on any atom is 0.233 e. The lowest BCUT2D eigenvalue weighted by Gasteiger charge is -2.25. The van der Waals surface area contributed by atoms with Gasteiger partial charge in [-0.2, -0.15) is 0 Å². The molecule has 5 heteroatoms. The van der Waals surface area contributed by atoms with Crippen LogP contribution >= 0.6 is 0 Å². The number of nitrogens with two attached hydrogens (primary N) is 1. The Kier molecular flexibility index (Phi) is 4.99. The van der Waals surface area contributed by atoms with Crippen molar-refractivity contribution in [1.82, 2.24) is 4.90 Å². The van der Waals surface area contributed by atoms with Gasteiger partial charge in [0.25, 0.3) is 0 Å². The molecule has 1 aliphatic heterocycles. The number of rotatable bonds is 4. The summed E-state index contributed by atoms with van der Waals surface area (Å²) in [4.78, 5) is 14.3. The zero-order chi connectivity index (χ0) is 13.9. The fourth-order valence-electron chi connectivity index (χ4n) is 2.54. The minimum Gasteiger partial charge on any atom is -0.409 e. The zero-order valence-corrected chi connectivity index (χ0v) is 11.8. The van der Waals surface area contributed by atoms with Gasteiger partial charge in [0.05, 0.1) is 0 Å². The van der Waals surface area contributed by atoms with Crippen molar-refractivity contribution in [3.05, 3.63) is 0 Å². The van der Waals surface area contributed by atoms with Crippen LogP contribution in [0.5, 0.6) is 0 Å². The first-order valence-corrected chi connectivity index (χ1v) is 6.64. The highest BCUT2D eigenvalue weighted by atomic mass is 16.4. The summed E-state index contributed by atoms with van der Waals surface area (Å²) in [7, 11) is 0. The Balaban J connectivity index is 2.74. The summed E-state index contributed by atoms with van der Waals surface area (Å²) >= 11 is 0. The summed E-state index contributed by atoms with van der Waals surface area (Å²) in [6.45, 7) is 9.76. The molecule has 2 unspecified atom stereocenters. The van der Waals surface area contributed by atoms with Crippen LogP contribution in [0, 0.1) is 23.7 Å². The first-order chi connectivity index (χ1) is 8.38. The number of hydrogen-bond acceptors (Lipinski definition) is 3. The lowest BCUT2D eigenvalue weighted by Crippen LogP contribution is -2.43. The van der Waals surface area contributed by atoms with E-state index < -0.39 is 5.92 Å². The quantitative estimate of drug-likeness (QED) is 0.346. The van der Waals surface area contributed by atoms with Gasteiger partial charge in [-0.3, -0.25) is 4.79 Å². The third-order valence-corrected chi connectivity index (χ3v) is 3.85. The van der Waals surface area contributed by atoms with Crippen LogP contribution in [0.15, 0.2) is 5.16 Å². The Bertz CT molecular complexity index is 326. The molecule has 0 aromatic carbocycles. The Morgan fingerprint density at radius 1 is 1.39 bits per heavy atom. The van der Waals surface area contributed by atoms with Gasteiger partial charge >= 0.3 is 0 Å². The van der Waals surface area contributed by atoms with E-state index >= 15 is 0 Å². The largest absolute Gasteiger partial charge is 0.409 e. The summed E-state index contributed by atoms with van der Waals surface area (Å²) in [6, 6.07) is 0. The van der Waals surface area contributed by atoms with Crippen molar-refractivity contribution >= 4 is 11.7 Å². The van der Waals surface area contributed by atoms with E-state index in [1.807, 2.05) is 18.7 Å². The van der Waals surface area contributed by atoms with Gasteiger partial charge in [0.15, 0.2) is 5.84 Å². The van der Waals surface area contributed by atoms with Crippen molar-refractivity contribution in [2.45, 2.75) is 34.1 Å². The van der Waals surface area contributed by atoms with Gasteiger partial charge in [-0.05, 0) is 24.2 Å². The van der Waals surface area contributed by atoms with E-state index in [1.165, 1.54) is 0 Å². The van der Waals surface area contributed by atoms with Crippen molar-refractivity contribution in [1.29, 1.82) is 0 Å². The normalized spacial score (nSPS) is 22.9. The maximum atomic E-state index is 12.4. The fourth-order valence-corrected chi connectivity index (χ4v) is 2.54. The number of amides is 1. The van der Waals surface area contributed by atoms with Crippen LogP contribution < -0.4 is 5.73 Å². The standard InChI is InChI=1S/C13H25N3O2/c1-8(2)10-5-6-16(7-10)13(17)11(9(3)4)12(14)15-18/h8-11,18H,5-7H2,1-4H3,(H2,14,15).